The Morgan fingerprint density at radius 1 is 0.969 bits per heavy atom. The monoisotopic (exact) mass is 436 g/mol. The van der Waals surface area contributed by atoms with Crippen molar-refractivity contribution in [2.24, 2.45) is 0 Å². The Hall–Kier alpha value is -2.86. The molecule has 32 heavy (non-hydrogen) atoms. The van der Waals surface area contributed by atoms with Gasteiger partial charge in [-0.2, -0.15) is 0 Å². The molecule has 170 valence electrons. The van der Waals surface area contributed by atoms with Gasteiger partial charge in [0.25, 0.3) is 0 Å². The van der Waals surface area contributed by atoms with Gasteiger partial charge >= 0.3 is 12.1 Å². The van der Waals surface area contributed by atoms with Crippen LogP contribution in [0.3, 0.4) is 0 Å². The molecule has 0 bridgehead atoms. The first-order valence-corrected chi connectivity index (χ1v) is 11.7. The van der Waals surface area contributed by atoms with Crippen LogP contribution in [-0.4, -0.2) is 54.4 Å². The van der Waals surface area contributed by atoms with Gasteiger partial charge in [-0.25, -0.2) is 9.59 Å². The van der Waals surface area contributed by atoms with E-state index in [1.54, 1.807) is 0 Å². The maximum absolute atomic E-state index is 12.4. The van der Waals surface area contributed by atoms with Crippen LogP contribution in [0.5, 0.6) is 0 Å². The van der Waals surface area contributed by atoms with Crippen LogP contribution in [0.1, 0.15) is 55.6 Å². The SMILES string of the molecule is O=C(N[C@@H](CCCCN1CCCCC1)C(=O)O)OCC1c2ccccc2-c2ccccc21. The predicted molar refractivity (Wildman–Crippen MR) is 124 cm³/mol. The topological polar surface area (TPSA) is 78.9 Å². The van der Waals surface area contributed by atoms with E-state index < -0.39 is 18.1 Å². The first-order valence-electron chi connectivity index (χ1n) is 11.7. The van der Waals surface area contributed by atoms with Crippen molar-refractivity contribution in [3.8, 4) is 11.1 Å². The number of fused-ring (bicyclic) bond motifs is 3. The van der Waals surface area contributed by atoms with Gasteiger partial charge in [0, 0.05) is 5.92 Å². The van der Waals surface area contributed by atoms with E-state index in [2.05, 4.69) is 34.5 Å². The lowest BCUT2D eigenvalue weighted by atomic mass is 9.98. The highest BCUT2D eigenvalue weighted by atomic mass is 16.5. The number of aliphatic carboxylic acids is 1. The molecule has 0 aromatic heterocycles. The maximum Gasteiger partial charge on any atom is 0.407 e. The van der Waals surface area contributed by atoms with E-state index in [1.165, 1.54) is 19.3 Å². The fraction of sp³-hybridized carbons (Fsp3) is 0.462. The zero-order valence-corrected chi connectivity index (χ0v) is 18.5. The molecule has 2 N–H and O–H groups in total. The van der Waals surface area contributed by atoms with Crippen molar-refractivity contribution < 1.29 is 19.4 Å². The summed E-state index contributed by atoms with van der Waals surface area (Å²) in [5.74, 6) is -1.06. The number of unbranched alkanes of at least 4 members (excludes halogenated alkanes) is 1. The number of likely N-dealkylation sites (tertiary alicyclic amines) is 1. The van der Waals surface area contributed by atoms with Crippen LogP contribution in [0.4, 0.5) is 4.79 Å². The third-order valence-electron chi connectivity index (χ3n) is 6.60. The number of rotatable bonds is 9. The summed E-state index contributed by atoms with van der Waals surface area (Å²) in [5, 5.41) is 12.1. The number of amides is 1. The standard InChI is InChI=1S/C26H32N2O4/c29-25(30)24(14-6-9-17-28-15-7-1-8-16-28)27-26(31)32-18-23-21-12-4-2-10-19(21)20-11-3-5-13-22(20)23/h2-5,10-13,23-24H,1,6-9,14-18H2,(H,27,31)(H,29,30)/t24-/m0/s1. The largest absolute Gasteiger partial charge is 0.480 e. The third-order valence-corrected chi connectivity index (χ3v) is 6.60. The Labute approximate surface area is 189 Å². The smallest absolute Gasteiger partial charge is 0.407 e. The highest BCUT2D eigenvalue weighted by molar-refractivity contribution is 5.81. The van der Waals surface area contributed by atoms with Crippen molar-refractivity contribution in [3.05, 3.63) is 59.7 Å². The summed E-state index contributed by atoms with van der Waals surface area (Å²) < 4.78 is 5.50. The number of carboxylic acid groups (broad SMARTS) is 1. The lowest BCUT2D eigenvalue weighted by molar-refractivity contribution is -0.139. The number of carboxylic acids is 1. The average molecular weight is 437 g/mol. The van der Waals surface area contributed by atoms with E-state index in [-0.39, 0.29) is 12.5 Å². The number of piperidine rings is 1. The molecule has 1 amide bonds. The molecule has 4 rings (SSSR count). The Kier molecular flexibility index (Phi) is 7.43. The highest BCUT2D eigenvalue weighted by Gasteiger charge is 2.29. The van der Waals surface area contributed by atoms with Crippen LogP contribution in [-0.2, 0) is 9.53 Å². The normalized spacial score (nSPS) is 16.8. The molecule has 1 aliphatic carbocycles. The van der Waals surface area contributed by atoms with Crippen molar-refractivity contribution in [1.29, 1.82) is 0 Å². The van der Waals surface area contributed by atoms with Crippen LogP contribution in [0.2, 0.25) is 0 Å². The number of carbonyl (C=O) groups is 2. The van der Waals surface area contributed by atoms with Gasteiger partial charge in [0.05, 0.1) is 0 Å². The summed E-state index contributed by atoms with van der Waals surface area (Å²) in [5.41, 5.74) is 4.59. The first kappa shape index (κ1) is 22.3. The molecule has 6 nitrogen and oxygen atoms in total. The second-order valence-electron chi connectivity index (χ2n) is 8.76. The van der Waals surface area contributed by atoms with Crippen molar-refractivity contribution in [2.75, 3.05) is 26.2 Å². The zero-order chi connectivity index (χ0) is 22.3. The minimum absolute atomic E-state index is 0.0408. The van der Waals surface area contributed by atoms with Gasteiger partial charge in [-0.05, 0) is 74.0 Å². The predicted octanol–water partition coefficient (Wildman–Crippen LogP) is 4.63. The number of benzene rings is 2. The first-order chi connectivity index (χ1) is 15.6. The number of carbonyl (C=O) groups excluding carboxylic acids is 1. The minimum atomic E-state index is -1.02. The number of nitrogens with zero attached hydrogens (tertiary/aromatic N) is 1. The molecule has 0 saturated carbocycles. The Morgan fingerprint density at radius 3 is 2.22 bits per heavy atom. The van der Waals surface area contributed by atoms with E-state index in [0.717, 1.165) is 54.7 Å². The highest BCUT2D eigenvalue weighted by Crippen LogP contribution is 2.44. The lowest BCUT2D eigenvalue weighted by Gasteiger charge is -2.26. The van der Waals surface area contributed by atoms with Crippen LogP contribution in [0.15, 0.2) is 48.5 Å². The summed E-state index contributed by atoms with van der Waals surface area (Å²) in [6.45, 7) is 3.46. The molecule has 2 aliphatic rings. The van der Waals surface area contributed by atoms with Crippen molar-refractivity contribution >= 4 is 12.1 Å². The van der Waals surface area contributed by atoms with E-state index in [9.17, 15) is 14.7 Å². The van der Waals surface area contributed by atoms with Crippen molar-refractivity contribution in [1.82, 2.24) is 10.2 Å². The van der Waals surface area contributed by atoms with Crippen molar-refractivity contribution in [3.63, 3.8) is 0 Å². The quantitative estimate of drug-likeness (QED) is 0.560. The number of ether oxygens (including phenoxy) is 1. The number of alkyl carbamates (subject to hydrolysis) is 1. The molecule has 0 unspecified atom stereocenters. The summed E-state index contributed by atoms with van der Waals surface area (Å²) in [6.07, 6.45) is 5.25. The summed E-state index contributed by atoms with van der Waals surface area (Å²) in [4.78, 5) is 26.5. The van der Waals surface area contributed by atoms with Gasteiger partial charge in [0.1, 0.15) is 12.6 Å². The number of hydrogen-bond donors (Lipinski definition) is 2. The fourth-order valence-electron chi connectivity index (χ4n) is 4.91. The second-order valence-corrected chi connectivity index (χ2v) is 8.76. The fourth-order valence-corrected chi connectivity index (χ4v) is 4.91. The molecule has 0 radical (unpaired) electrons. The van der Waals surface area contributed by atoms with Crippen LogP contribution >= 0.6 is 0 Å². The van der Waals surface area contributed by atoms with Crippen LogP contribution in [0.25, 0.3) is 11.1 Å². The van der Waals surface area contributed by atoms with Gasteiger partial charge in [0.15, 0.2) is 0 Å². The van der Waals surface area contributed by atoms with Crippen LogP contribution in [0, 0.1) is 0 Å². The van der Waals surface area contributed by atoms with Gasteiger partial charge in [-0.1, -0.05) is 55.0 Å². The molecular formula is C26H32N2O4. The molecule has 1 heterocycles. The Bertz CT molecular complexity index is 893. The zero-order valence-electron chi connectivity index (χ0n) is 18.5. The van der Waals surface area contributed by atoms with Gasteiger partial charge in [0.2, 0.25) is 0 Å². The molecule has 1 fully saturated rings. The van der Waals surface area contributed by atoms with E-state index >= 15 is 0 Å². The molecular weight excluding hydrogens is 404 g/mol. The molecule has 1 saturated heterocycles. The van der Waals surface area contributed by atoms with Crippen molar-refractivity contribution in [2.45, 2.75) is 50.5 Å². The molecule has 2 aromatic carbocycles. The van der Waals surface area contributed by atoms with Gasteiger partial charge < -0.3 is 20.1 Å². The van der Waals surface area contributed by atoms with E-state index in [1.807, 2.05) is 24.3 Å². The summed E-state index contributed by atoms with van der Waals surface area (Å²) in [7, 11) is 0. The number of nitrogens with one attached hydrogen (secondary N) is 1. The minimum Gasteiger partial charge on any atom is -0.480 e. The molecule has 0 spiro atoms. The van der Waals surface area contributed by atoms with E-state index in [4.69, 9.17) is 4.74 Å². The molecule has 6 heteroatoms. The second kappa shape index (κ2) is 10.6. The maximum atomic E-state index is 12.4. The summed E-state index contributed by atoms with van der Waals surface area (Å²) >= 11 is 0. The summed E-state index contributed by atoms with van der Waals surface area (Å²) in [6, 6.07) is 15.4. The van der Waals surface area contributed by atoms with Gasteiger partial charge in [-0.3, -0.25) is 0 Å². The number of hydrogen-bond acceptors (Lipinski definition) is 4. The average Bonchev–Trinajstić information content (AvgIpc) is 3.14. The Balaban J connectivity index is 1.27. The molecule has 2 aromatic rings. The van der Waals surface area contributed by atoms with E-state index in [0.29, 0.717) is 6.42 Å². The van der Waals surface area contributed by atoms with Gasteiger partial charge in [-0.15, -0.1) is 0 Å². The van der Waals surface area contributed by atoms with Crippen LogP contribution < -0.4 is 5.32 Å². The lowest BCUT2D eigenvalue weighted by Crippen LogP contribution is -2.41. The molecule has 1 aliphatic heterocycles. The third kappa shape index (κ3) is 5.30. The molecule has 1 atom stereocenters. The Morgan fingerprint density at radius 2 is 1.59 bits per heavy atom.